The van der Waals surface area contributed by atoms with Crippen LogP contribution in [0, 0.1) is 0 Å². The van der Waals surface area contributed by atoms with E-state index in [0.29, 0.717) is 31.3 Å². The van der Waals surface area contributed by atoms with Crippen molar-refractivity contribution in [1.29, 1.82) is 0 Å². The first-order valence-corrected chi connectivity index (χ1v) is 19.3. The number of rotatable bonds is 9. The number of nitrogens with one attached hydrogen (secondary N) is 2. The van der Waals surface area contributed by atoms with Gasteiger partial charge in [-0.1, -0.05) is 12.1 Å². The van der Waals surface area contributed by atoms with Crippen molar-refractivity contribution in [3.63, 3.8) is 0 Å². The number of ether oxygens (including phenoxy) is 1. The van der Waals surface area contributed by atoms with Crippen molar-refractivity contribution < 1.29 is 14.6 Å². The van der Waals surface area contributed by atoms with E-state index in [1.807, 2.05) is 30.9 Å². The first-order valence-electron chi connectivity index (χ1n) is 19.3. The van der Waals surface area contributed by atoms with E-state index in [9.17, 15) is 9.90 Å². The van der Waals surface area contributed by atoms with Crippen LogP contribution in [0.4, 0.5) is 22.9 Å². The average molecular weight is 732 g/mol. The molecule has 54 heavy (non-hydrogen) atoms. The second-order valence-electron chi connectivity index (χ2n) is 15.0. The van der Waals surface area contributed by atoms with Crippen LogP contribution in [-0.4, -0.2) is 124 Å². The molecule has 14 heteroatoms. The smallest absolute Gasteiger partial charge is 0.222 e. The predicted molar refractivity (Wildman–Crippen MR) is 209 cm³/mol. The molecule has 3 N–H and O–H groups in total. The molecule has 2 aromatic carbocycles. The third-order valence-electron chi connectivity index (χ3n) is 11.7. The maximum Gasteiger partial charge on any atom is 0.222 e. The van der Waals surface area contributed by atoms with Gasteiger partial charge in [-0.2, -0.15) is 5.10 Å². The zero-order valence-corrected chi connectivity index (χ0v) is 30.8. The third kappa shape index (κ3) is 7.08. The number of aliphatic hydroxyl groups is 1. The molecular weight excluding hydrogens is 683 g/mol. The van der Waals surface area contributed by atoms with Crippen LogP contribution in [0.3, 0.4) is 0 Å². The molecular formula is C40H49N11O3. The Kier molecular flexibility index (Phi) is 9.55. The number of carbonyl (C=O) groups is 1. The number of piperazine rings is 1. The van der Waals surface area contributed by atoms with Crippen molar-refractivity contribution in [2.75, 3.05) is 87.7 Å². The summed E-state index contributed by atoms with van der Waals surface area (Å²) in [5.41, 5.74) is 7.09. The van der Waals surface area contributed by atoms with Crippen molar-refractivity contribution in [2.24, 2.45) is 0 Å². The van der Waals surface area contributed by atoms with Gasteiger partial charge in [-0.05, 0) is 55.2 Å². The lowest BCUT2D eigenvalue weighted by atomic mass is 9.89. The van der Waals surface area contributed by atoms with E-state index in [1.165, 1.54) is 5.69 Å². The molecule has 3 fully saturated rings. The molecule has 3 saturated heterocycles. The Balaban J connectivity index is 0.741. The van der Waals surface area contributed by atoms with Gasteiger partial charge >= 0.3 is 0 Å². The van der Waals surface area contributed by atoms with Crippen LogP contribution in [0.15, 0.2) is 73.4 Å². The Morgan fingerprint density at radius 1 is 0.926 bits per heavy atom. The van der Waals surface area contributed by atoms with E-state index >= 15 is 0 Å². The molecule has 4 aliphatic heterocycles. The molecule has 0 radical (unpaired) electrons. The molecule has 0 aliphatic carbocycles. The number of fused-ring (bicyclic) bond motifs is 2. The molecule has 5 aromatic rings. The second-order valence-corrected chi connectivity index (χ2v) is 15.0. The number of carbonyl (C=O) groups excluding carboxylic acids is 1. The number of imidazole rings is 1. The highest BCUT2D eigenvalue weighted by molar-refractivity contribution is 5.78. The Morgan fingerprint density at radius 2 is 1.72 bits per heavy atom. The predicted octanol–water partition coefficient (Wildman–Crippen LogP) is 3.94. The number of likely N-dealkylation sites (tertiary alicyclic amines) is 1. The van der Waals surface area contributed by atoms with Gasteiger partial charge in [-0.3, -0.25) is 18.8 Å². The zero-order valence-electron chi connectivity index (χ0n) is 30.8. The van der Waals surface area contributed by atoms with E-state index in [1.54, 1.807) is 0 Å². The van der Waals surface area contributed by atoms with Crippen molar-refractivity contribution in [1.82, 2.24) is 39.3 Å². The van der Waals surface area contributed by atoms with Gasteiger partial charge in [0, 0.05) is 102 Å². The summed E-state index contributed by atoms with van der Waals surface area (Å²) in [4.78, 5) is 30.9. The van der Waals surface area contributed by atoms with Crippen LogP contribution in [-0.2, 0) is 4.79 Å². The summed E-state index contributed by atoms with van der Waals surface area (Å²) in [6.45, 7) is 10.0. The van der Waals surface area contributed by atoms with Crippen LogP contribution in [0.1, 0.15) is 43.2 Å². The number of amides is 1. The highest BCUT2D eigenvalue weighted by atomic mass is 16.5. The zero-order chi connectivity index (χ0) is 36.6. The molecule has 2 unspecified atom stereocenters. The highest BCUT2D eigenvalue weighted by Gasteiger charge is 2.29. The summed E-state index contributed by atoms with van der Waals surface area (Å²) < 4.78 is 10.0. The number of anilines is 4. The molecule has 14 nitrogen and oxygen atoms in total. The number of hydrogen-bond donors (Lipinski definition) is 3. The van der Waals surface area contributed by atoms with Crippen LogP contribution in [0.5, 0.6) is 5.75 Å². The number of benzene rings is 2. The summed E-state index contributed by atoms with van der Waals surface area (Å²) in [6.07, 6.45) is 12.2. The SMILES string of the molecule is CN1CCOc2ccc(-c3cnc(Nc4cnn(C5CCN(CCN6CCN(c7ccc(C8CCC(=O)NC8O)cc7)CC6)CC5)c4)c4nccn34)cc21. The van der Waals surface area contributed by atoms with E-state index in [0.717, 1.165) is 111 Å². The Hall–Kier alpha value is -5.18. The molecule has 9 rings (SSSR count). The van der Waals surface area contributed by atoms with Crippen LogP contribution in [0.2, 0.25) is 0 Å². The van der Waals surface area contributed by atoms with Gasteiger partial charge in [0.15, 0.2) is 11.5 Å². The fraction of sp³-hybridized carbons (Fsp3) is 0.450. The lowest BCUT2D eigenvalue weighted by molar-refractivity contribution is -0.127. The molecule has 282 valence electrons. The monoisotopic (exact) mass is 731 g/mol. The number of aliphatic hydroxyl groups excluding tert-OH is 1. The Bertz CT molecular complexity index is 2080. The quantitative estimate of drug-likeness (QED) is 0.204. The van der Waals surface area contributed by atoms with E-state index in [-0.39, 0.29) is 11.8 Å². The van der Waals surface area contributed by atoms with Crippen LogP contribution >= 0.6 is 0 Å². The number of nitrogens with zero attached hydrogens (tertiary/aromatic N) is 9. The van der Waals surface area contributed by atoms with E-state index < -0.39 is 6.23 Å². The molecule has 0 saturated carbocycles. The number of hydrogen-bond acceptors (Lipinski definition) is 11. The first-order chi connectivity index (χ1) is 26.4. The fourth-order valence-electron chi connectivity index (χ4n) is 8.45. The molecule has 1 amide bonds. The van der Waals surface area contributed by atoms with Gasteiger partial charge < -0.3 is 35.2 Å². The lowest BCUT2D eigenvalue weighted by Gasteiger charge is -2.38. The van der Waals surface area contributed by atoms with Gasteiger partial charge in [0.2, 0.25) is 5.91 Å². The van der Waals surface area contributed by atoms with Gasteiger partial charge in [-0.25, -0.2) is 9.97 Å². The minimum atomic E-state index is -0.805. The van der Waals surface area contributed by atoms with Gasteiger partial charge in [0.25, 0.3) is 0 Å². The average Bonchev–Trinajstić information content (AvgIpc) is 3.89. The van der Waals surface area contributed by atoms with Crippen molar-refractivity contribution in [3.8, 4) is 17.0 Å². The van der Waals surface area contributed by atoms with Crippen molar-refractivity contribution in [2.45, 2.75) is 43.9 Å². The topological polar surface area (TPSA) is 132 Å². The molecule has 7 heterocycles. The second kappa shape index (κ2) is 14.9. The molecule has 0 bridgehead atoms. The number of piperidine rings is 2. The minimum absolute atomic E-state index is 0.0421. The van der Waals surface area contributed by atoms with E-state index in [2.05, 4.69) is 93.9 Å². The molecule has 4 aliphatic rings. The standard InChI is InChI=1S/C40H49N11O3/c1-46-22-23-54-36-8-4-29(24-34(36)46)35-26-42-38(39-41-12-15-50(35)39)44-30-25-43-51(27-30)32-10-13-47(14-11-32)16-17-48-18-20-49(21-19-48)31-5-2-28(3-6-31)33-7-9-37(52)45-40(33)53/h2-6,8,12,15,24-27,32-33,40,53H,7,9-11,13-14,16-23H2,1H3,(H,42,44)(H,45,52). The van der Waals surface area contributed by atoms with Gasteiger partial charge in [0.05, 0.1) is 42.0 Å². The summed E-state index contributed by atoms with van der Waals surface area (Å²) >= 11 is 0. The van der Waals surface area contributed by atoms with Gasteiger partial charge in [0.1, 0.15) is 18.6 Å². The van der Waals surface area contributed by atoms with Crippen molar-refractivity contribution >= 4 is 34.4 Å². The first kappa shape index (κ1) is 34.6. The third-order valence-corrected chi connectivity index (χ3v) is 11.7. The van der Waals surface area contributed by atoms with Crippen LogP contribution < -0.4 is 25.2 Å². The molecule has 3 aromatic heterocycles. The maximum absolute atomic E-state index is 11.6. The normalized spacial score (nSPS) is 21.6. The minimum Gasteiger partial charge on any atom is -0.490 e. The van der Waals surface area contributed by atoms with Gasteiger partial charge in [-0.15, -0.1) is 0 Å². The molecule has 2 atom stereocenters. The summed E-state index contributed by atoms with van der Waals surface area (Å²) in [7, 11) is 2.09. The number of likely N-dealkylation sites (N-methyl/N-ethyl adjacent to an activating group) is 1. The summed E-state index contributed by atoms with van der Waals surface area (Å²) in [5.74, 6) is 1.49. The maximum atomic E-state index is 11.6. The van der Waals surface area contributed by atoms with E-state index in [4.69, 9.17) is 14.8 Å². The number of aromatic nitrogens is 5. The highest BCUT2D eigenvalue weighted by Crippen LogP contribution is 2.36. The van der Waals surface area contributed by atoms with Crippen molar-refractivity contribution in [3.05, 3.63) is 79.0 Å². The summed E-state index contributed by atoms with van der Waals surface area (Å²) in [6, 6.07) is 15.2. The lowest BCUT2D eigenvalue weighted by Crippen LogP contribution is -2.49. The summed E-state index contributed by atoms with van der Waals surface area (Å²) in [5, 5.41) is 21.2. The fourth-order valence-corrected chi connectivity index (χ4v) is 8.45. The Morgan fingerprint density at radius 3 is 2.52 bits per heavy atom. The van der Waals surface area contributed by atoms with Crippen LogP contribution in [0.25, 0.3) is 16.9 Å². The Labute approximate surface area is 315 Å². The molecule has 0 spiro atoms. The largest absolute Gasteiger partial charge is 0.490 e.